The van der Waals surface area contributed by atoms with Crippen LogP contribution in [0.5, 0.6) is 5.75 Å². The molecule has 0 heterocycles. The van der Waals surface area contributed by atoms with Gasteiger partial charge in [-0.2, -0.15) is 0 Å². The molecule has 0 unspecified atom stereocenters. The van der Waals surface area contributed by atoms with Crippen molar-refractivity contribution >= 4 is 11.8 Å². The summed E-state index contributed by atoms with van der Waals surface area (Å²) in [6, 6.07) is 8.47. The molecule has 0 saturated heterocycles. The average Bonchev–Trinajstić information content (AvgIpc) is 2.42. The normalized spacial score (nSPS) is 12.1. The van der Waals surface area contributed by atoms with Crippen molar-refractivity contribution in [2.75, 3.05) is 20.7 Å². The van der Waals surface area contributed by atoms with Crippen molar-refractivity contribution in [3.05, 3.63) is 30.3 Å². The van der Waals surface area contributed by atoms with E-state index in [2.05, 4.69) is 10.7 Å². The van der Waals surface area contributed by atoms with Crippen LogP contribution in [0.15, 0.2) is 30.3 Å². The number of benzene rings is 1. The number of ether oxygens (including phenoxy) is 1. The highest BCUT2D eigenvalue weighted by Crippen LogP contribution is 2.08. The molecule has 0 fully saturated rings. The second-order valence-corrected chi connectivity index (χ2v) is 5.26. The predicted molar refractivity (Wildman–Crippen MR) is 80.5 cm³/mol. The minimum atomic E-state index is -0.598. The summed E-state index contributed by atoms with van der Waals surface area (Å²) in [4.78, 5) is 23.9. The number of amides is 2. The molecule has 1 aromatic rings. The Bertz CT molecular complexity index is 460. The zero-order valence-corrected chi connectivity index (χ0v) is 12.9. The van der Waals surface area contributed by atoms with Crippen LogP contribution in [-0.4, -0.2) is 43.6 Å². The molecule has 1 rings (SSSR count). The summed E-state index contributed by atoms with van der Waals surface area (Å²) in [5.74, 6) is 0.0200. The molecule has 0 saturated carbocycles. The first kappa shape index (κ1) is 17.0. The largest absolute Gasteiger partial charge is 0.484 e. The summed E-state index contributed by atoms with van der Waals surface area (Å²) >= 11 is 0. The van der Waals surface area contributed by atoms with Crippen LogP contribution in [0.25, 0.3) is 0 Å². The first-order valence-electron chi connectivity index (χ1n) is 6.85. The topological polar surface area (TPSA) is 70.7 Å². The first-order chi connectivity index (χ1) is 9.90. The molecule has 2 amide bonds. The molecule has 6 heteroatoms. The maximum absolute atomic E-state index is 12.0. The van der Waals surface area contributed by atoms with E-state index in [1.165, 1.54) is 0 Å². The molecule has 1 aromatic carbocycles. The molecule has 6 nitrogen and oxygen atoms in total. The number of hydrogen-bond acceptors (Lipinski definition) is 4. The fraction of sp³-hybridized carbons (Fsp3) is 0.467. The van der Waals surface area contributed by atoms with E-state index in [0.717, 1.165) is 0 Å². The van der Waals surface area contributed by atoms with Gasteiger partial charge in [0.15, 0.2) is 6.61 Å². The van der Waals surface area contributed by atoms with Crippen molar-refractivity contribution in [1.82, 2.24) is 15.8 Å². The van der Waals surface area contributed by atoms with Crippen molar-refractivity contribution < 1.29 is 14.3 Å². The van der Waals surface area contributed by atoms with Gasteiger partial charge in [0.2, 0.25) is 0 Å². The standard InChI is InChI=1S/C15H23N3O3/c1-11(2)14(15(20)17-18(3)4)16-13(19)10-21-12-8-6-5-7-9-12/h5-9,11,14H,10H2,1-4H3,(H,16,19)(H,17,20)/t14-/m0/s1. The van der Waals surface area contributed by atoms with Gasteiger partial charge in [-0.1, -0.05) is 32.0 Å². The van der Waals surface area contributed by atoms with Gasteiger partial charge in [0, 0.05) is 14.1 Å². The van der Waals surface area contributed by atoms with Crippen LogP contribution in [0.1, 0.15) is 13.8 Å². The lowest BCUT2D eigenvalue weighted by atomic mass is 10.0. The summed E-state index contributed by atoms with van der Waals surface area (Å²) in [5, 5.41) is 4.24. The van der Waals surface area contributed by atoms with E-state index in [1.54, 1.807) is 31.2 Å². The quantitative estimate of drug-likeness (QED) is 0.730. The Morgan fingerprint density at radius 2 is 1.81 bits per heavy atom. The molecule has 0 aliphatic carbocycles. The van der Waals surface area contributed by atoms with Gasteiger partial charge in [0.25, 0.3) is 11.8 Å². The van der Waals surface area contributed by atoms with Gasteiger partial charge in [0.1, 0.15) is 11.8 Å². The Kier molecular flexibility index (Phi) is 6.68. The van der Waals surface area contributed by atoms with Crippen LogP contribution in [0.3, 0.4) is 0 Å². The van der Waals surface area contributed by atoms with E-state index in [0.29, 0.717) is 5.75 Å². The van der Waals surface area contributed by atoms with Crippen LogP contribution in [0, 0.1) is 5.92 Å². The zero-order valence-electron chi connectivity index (χ0n) is 12.9. The molecule has 2 N–H and O–H groups in total. The van der Waals surface area contributed by atoms with Gasteiger partial charge in [-0.15, -0.1) is 0 Å². The maximum atomic E-state index is 12.0. The lowest BCUT2D eigenvalue weighted by Crippen LogP contribution is -2.53. The Balaban J connectivity index is 2.51. The Morgan fingerprint density at radius 1 is 1.19 bits per heavy atom. The molecule has 0 aliphatic heterocycles. The monoisotopic (exact) mass is 293 g/mol. The fourth-order valence-corrected chi connectivity index (χ4v) is 1.71. The zero-order chi connectivity index (χ0) is 15.8. The Morgan fingerprint density at radius 3 is 2.33 bits per heavy atom. The Hall–Kier alpha value is -2.08. The lowest BCUT2D eigenvalue weighted by Gasteiger charge is -2.23. The average molecular weight is 293 g/mol. The SMILES string of the molecule is CC(C)[C@H](NC(=O)COc1ccccc1)C(=O)NN(C)C. The number of carbonyl (C=O) groups is 2. The van der Waals surface area contributed by atoms with E-state index >= 15 is 0 Å². The van der Waals surface area contributed by atoms with Crippen molar-refractivity contribution in [2.45, 2.75) is 19.9 Å². The first-order valence-corrected chi connectivity index (χ1v) is 6.85. The lowest BCUT2D eigenvalue weighted by molar-refractivity contribution is -0.133. The fourth-order valence-electron chi connectivity index (χ4n) is 1.71. The molecule has 0 aliphatic rings. The number of nitrogens with zero attached hydrogens (tertiary/aromatic N) is 1. The molecular formula is C15H23N3O3. The third-order valence-corrected chi connectivity index (χ3v) is 2.71. The number of para-hydroxylation sites is 1. The second kappa shape index (κ2) is 8.26. The molecule has 1 atom stereocenters. The summed E-state index contributed by atoms with van der Waals surface area (Å²) in [6.45, 7) is 3.62. The van der Waals surface area contributed by atoms with Crippen LogP contribution >= 0.6 is 0 Å². The van der Waals surface area contributed by atoms with Gasteiger partial charge < -0.3 is 10.1 Å². The van der Waals surface area contributed by atoms with Crippen molar-refractivity contribution in [1.29, 1.82) is 0 Å². The van der Waals surface area contributed by atoms with Crippen molar-refractivity contribution in [3.63, 3.8) is 0 Å². The van der Waals surface area contributed by atoms with E-state index in [9.17, 15) is 9.59 Å². The van der Waals surface area contributed by atoms with E-state index < -0.39 is 6.04 Å². The molecule has 21 heavy (non-hydrogen) atoms. The summed E-state index contributed by atoms with van der Waals surface area (Å²) in [5.41, 5.74) is 2.64. The molecule has 0 aromatic heterocycles. The van der Waals surface area contributed by atoms with Crippen LogP contribution < -0.4 is 15.5 Å². The van der Waals surface area contributed by atoms with Gasteiger partial charge in [-0.25, -0.2) is 5.01 Å². The van der Waals surface area contributed by atoms with Crippen LogP contribution in [0.2, 0.25) is 0 Å². The molecule has 0 radical (unpaired) electrons. The van der Waals surface area contributed by atoms with E-state index in [1.807, 2.05) is 32.0 Å². The minimum absolute atomic E-state index is 0.0226. The molecule has 116 valence electrons. The summed E-state index contributed by atoms with van der Waals surface area (Å²) in [6.07, 6.45) is 0. The smallest absolute Gasteiger partial charge is 0.258 e. The van der Waals surface area contributed by atoms with Crippen molar-refractivity contribution in [3.8, 4) is 5.75 Å². The van der Waals surface area contributed by atoms with E-state index in [4.69, 9.17) is 4.74 Å². The number of hydrogen-bond donors (Lipinski definition) is 2. The third kappa shape index (κ3) is 6.27. The Labute approximate surface area is 125 Å². The number of carbonyl (C=O) groups excluding carboxylic acids is 2. The minimum Gasteiger partial charge on any atom is -0.484 e. The highest BCUT2D eigenvalue weighted by atomic mass is 16.5. The number of rotatable bonds is 7. The molecule has 0 spiro atoms. The molecule has 0 bridgehead atoms. The van der Waals surface area contributed by atoms with Crippen LogP contribution in [-0.2, 0) is 9.59 Å². The summed E-state index contributed by atoms with van der Waals surface area (Å²) in [7, 11) is 3.44. The highest BCUT2D eigenvalue weighted by Gasteiger charge is 2.24. The van der Waals surface area contributed by atoms with Gasteiger partial charge in [-0.05, 0) is 18.1 Å². The highest BCUT2D eigenvalue weighted by molar-refractivity contribution is 5.88. The summed E-state index contributed by atoms with van der Waals surface area (Å²) < 4.78 is 5.36. The number of nitrogens with one attached hydrogen (secondary N) is 2. The maximum Gasteiger partial charge on any atom is 0.258 e. The van der Waals surface area contributed by atoms with Gasteiger partial charge in [0.05, 0.1) is 0 Å². The van der Waals surface area contributed by atoms with Crippen molar-refractivity contribution in [2.24, 2.45) is 5.92 Å². The number of hydrazine groups is 1. The predicted octanol–water partition coefficient (Wildman–Crippen LogP) is 0.799. The second-order valence-electron chi connectivity index (χ2n) is 5.26. The van der Waals surface area contributed by atoms with Gasteiger partial charge >= 0.3 is 0 Å². The third-order valence-electron chi connectivity index (χ3n) is 2.71. The van der Waals surface area contributed by atoms with E-state index in [-0.39, 0.29) is 24.3 Å². The van der Waals surface area contributed by atoms with Gasteiger partial charge in [-0.3, -0.25) is 15.0 Å². The molecular weight excluding hydrogens is 270 g/mol. The van der Waals surface area contributed by atoms with Crippen LogP contribution in [0.4, 0.5) is 0 Å².